The number of rotatable bonds is 5. The highest BCUT2D eigenvalue weighted by atomic mass is 35.5. The first-order chi connectivity index (χ1) is 7.09. The summed E-state index contributed by atoms with van der Waals surface area (Å²) in [6.45, 7) is 4.70. The molecule has 0 aromatic carbocycles. The second kappa shape index (κ2) is 5.83. The molecule has 0 fully saturated rings. The molecule has 1 heterocycles. The molecule has 0 amide bonds. The predicted molar refractivity (Wildman–Crippen MR) is 59.2 cm³/mol. The normalized spacial score (nSPS) is 10.7. The van der Waals surface area contributed by atoms with Crippen LogP contribution >= 0.6 is 11.6 Å². The van der Waals surface area contributed by atoms with Crippen LogP contribution in [0.4, 0.5) is 0 Å². The van der Waals surface area contributed by atoms with E-state index in [1.807, 2.05) is 13.8 Å². The number of Topliss-reactive ketones (excluding diaryl/α,β-unsaturated/α-hetero) is 1. The molecule has 1 aromatic rings. The van der Waals surface area contributed by atoms with E-state index in [4.69, 9.17) is 16.3 Å². The molecule has 0 spiro atoms. The Morgan fingerprint density at radius 2 is 2.33 bits per heavy atom. The predicted octanol–water partition coefficient (Wildman–Crippen LogP) is 2.59. The van der Waals surface area contributed by atoms with Gasteiger partial charge in [0.1, 0.15) is 12.3 Å². The number of nitrogens with zero attached hydrogens (tertiary/aromatic N) is 1. The molecule has 3 nitrogen and oxygen atoms in total. The molecule has 4 heteroatoms. The Morgan fingerprint density at radius 1 is 1.60 bits per heavy atom. The third-order valence-electron chi connectivity index (χ3n) is 1.69. The Kier molecular flexibility index (Phi) is 4.72. The summed E-state index contributed by atoms with van der Waals surface area (Å²) in [5.74, 6) is 0.281. The highest BCUT2D eigenvalue weighted by molar-refractivity contribution is 6.30. The maximum absolute atomic E-state index is 11.5. The van der Waals surface area contributed by atoms with Gasteiger partial charge in [-0.25, -0.2) is 0 Å². The first kappa shape index (κ1) is 12.1. The zero-order chi connectivity index (χ0) is 11.3. The number of ether oxygens (including phenoxy) is 1. The topological polar surface area (TPSA) is 39.2 Å². The van der Waals surface area contributed by atoms with Crippen LogP contribution in [0.1, 0.15) is 24.3 Å². The minimum absolute atomic E-state index is 0.0610. The average molecular weight is 228 g/mol. The van der Waals surface area contributed by atoms with Gasteiger partial charge in [-0.15, -0.1) is 0 Å². The fourth-order valence-electron chi connectivity index (χ4n) is 1.02. The van der Waals surface area contributed by atoms with Crippen molar-refractivity contribution < 1.29 is 9.53 Å². The van der Waals surface area contributed by atoms with Crippen molar-refractivity contribution >= 4 is 17.4 Å². The van der Waals surface area contributed by atoms with Crippen LogP contribution in [0.3, 0.4) is 0 Å². The quantitative estimate of drug-likeness (QED) is 0.726. The van der Waals surface area contributed by atoms with Crippen molar-refractivity contribution in [3.63, 3.8) is 0 Å². The summed E-state index contributed by atoms with van der Waals surface area (Å²) in [5.41, 5.74) is 0.353. The minimum atomic E-state index is -0.141. The number of aromatic nitrogens is 1. The molecule has 1 aromatic heterocycles. The molecule has 0 saturated heterocycles. The maximum Gasteiger partial charge on any atom is 0.206 e. The van der Waals surface area contributed by atoms with Gasteiger partial charge in [0.25, 0.3) is 0 Å². The average Bonchev–Trinajstić information content (AvgIpc) is 2.17. The van der Waals surface area contributed by atoms with Crippen LogP contribution in [0.5, 0.6) is 0 Å². The molecule has 0 bridgehead atoms. The van der Waals surface area contributed by atoms with Crippen LogP contribution in [0.2, 0.25) is 5.02 Å². The zero-order valence-corrected chi connectivity index (χ0v) is 9.62. The maximum atomic E-state index is 11.5. The second-order valence-corrected chi connectivity index (χ2v) is 4.13. The Balaban J connectivity index is 2.47. The minimum Gasteiger partial charge on any atom is -0.373 e. The molecule has 0 aliphatic rings. The molecule has 1 rings (SSSR count). The van der Waals surface area contributed by atoms with Gasteiger partial charge in [0.05, 0.1) is 0 Å². The zero-order valence-electron chi connectivity index (χ0n) is 8.87. The SMILES string of the molecule is CC(C)COCC(=O)c1cc(Cl)ccn1. The number of pyridine rings is 1. The number of hydrogen-bond donors (Lipinski definition) is 0. The van der Waals surface area contributed by atoms with Crippen molar-refractivity contribution in [3.8, 4) is 0 Å². The van der Waals surface area contributed by atoms with Crippen LogP contribution < -0.4 is 0 Å². The Morgan fingerprint density at radius 3 is 2.93 bits per heavy atom. The summed E-state index contributed by atoms with van der Waals surface area (Å²) in [6.07, 6.45) is 1.51. The van der Waals surface area contributed by atoms with Crippen molar-refractivity contribution in [1.82, 2.24) is 4.98 Å². The summed E-state index contributed by atoms with van der Waals surface area (Å²) >= 11 is 5.74. The van der Waals surface area contributed by atoms with Gasteiger partial charge < -0.3 is 4.74 Å². The number of halogens is 1. The van der Waals surface area contributed by atoms with Crippen LogP contribution in [0.15, 0.2) is 18.3 Å². The highest BCUT2D eigenvalue weighted by Gasteiger charge is 2.08. The number of carbonyl (C=O) groups excluding carboxylic acids is 1. The van der Waals surface area contributed by atoms with Crippen LogP contribution in [-0.2, 0) is 4.74 Å². The van der Waals surface area contributed by atoms with Crippen molar-refractivity contribution in [2.24, 2.45) is 5.92 Å². The van der Waals surface area contributed by atoms with E-state index in [0.29, 0.717) is 23.2 Å². The van der Waals surface area contributed by atoms with Gasteiger partial charge >= 0.3 is 0 Å². The van der Waals surface area contributed by atoms with E-state index < -0.39 is 0 Å². The summed E-state index contributed by atoms with van der Waals surface area (Å²) in [4.78, 5) is 15.5. The van der Waals surface area contributed by atoms with Crippen molar-refractivity contribution in [1.29, 1.82) is 0 Å². The number of ketones is 1. The van der Waals surface area contributed by atoms with E-state index in [2.05, 4.69) is 4.98 Å². The van der Waals surface area contributed by atoms with E-state index in [9.17, 15) is 4.79 Å². The summed E-state index contributed by atoms with van der Waals surface area (Å²) in [5, 5.41) is 0.511. The lowest BCUT2D eigenvalue weighted by Gasteiger charge is -2.05. The monoisotopic (exact) mass is 227 g/mol. The van der Waals surface area contributed by atoms with Gasteiger partial charge in [-0.3, -0.25) is 9.78 Å². The lowest BCUT2D eigenvalue weighted by molar-refractivity contribution is 0.0701. The molecule has 0 saturated carbocycles. The summed E-state index contributed by atoms with van der Waals surface area (Å²) in [7, 11) is 0. The van der Waals surface area contributed by atoms with Gasteiger partial charge in [0.15, 0.2) is 0 Å². The van der Waals surface area contributed by atoms with Crippen LogP contribution in [0, 0.1) is 5.92 Å². The van der Waals surface area contributed by atoms with Crippen molar-refractivity contribution in [2.75, 3.05) is 13.2 Å². The van der Waals surface area contributed by atoms with Gasteiger partial charge in [0.2, 0.25) is 5.78 Å². The lowest BCUT2D eigenvalue weighted by atomic mass is 10.2. The fraction of sp³-hybridized carbons (Fsp3) is 0.455. The highest BCUT2D eigenvalue weighted by Crippen LogP contribution is 2.08. The number of hydrogen-bond acceptors (Lipinski definition) is 3. The molecule has 0 atom stereocenters. The molecular weight excluding hydrogens is 214 g/mol. The van der Waals surface area contributed by atoms with Gasteiger partial charge in [-0.1, -0.05) is 25.4 Å². The van der Waals surface area contributed by atoms with E-state index in [1.165, 1.54) is 6.20 Å². The van der Waals surface area contributed by atoms with Crippen LogP contribution in [0.25, 0.3) is 0 Å². The van der Waals surface area contributed by atoms with E-state index in [-0.39, 0.29) is 12.4 Å². The Labute approximate surface area is 94.4 Å². The van der Waals surface area contributed by atoms with Gasteiger partial charge in [-0.2, -0.15) is 0 Å². The van der Waals surface area contributed by atoms with Gasteiger partial charge in [0, 0.05) is 17.8 Å². The van der Waals surface area contributed by atoms with E-state index >= 15 is 0 Å². The lowest BCUT2D eigenvalue weighted by Crippen LogP contribution is -2.13. The standard InChI is InChI=1S/C11H14ClNO2/c1-8(2)6-15-7-11(14)10-5-9(12)3-4-13-10/h3-5,8H,6-7H2,1-2H3. The molecule has 0 N–H and O–H groups in total. The third kappa shape index (κ3) is 4.40. The second-order valence-electron chi connectivity index (χ2n) is 3.69. The largest absolute Gasteiger partial charge is 0.373 e. The van der Waals surface area contributed by atoms with Crippen molar-refractivity contribution in [3.05, 3.63) is 29.0 Å². The molecule has 0 unspecified atom stereocenters. The fourth-order valence-corrected chi connectivity index (χ4v) is 1.18. The molecule has 0 aliphatic heterocycles. The number of carbonyl (C=O) groups is 1. The molecule has 0 radical (unpaired) electrons. The van der Waals surface area contributed by atoms with E-state index in [0.717, 1.165) is 0 Å². The third-order valence-corrected chi connectivity index (χ3v) is 1.93. The summed E-state index contributed by atoms with van der Waals surface area (Å²) < 4.78 is 5.22. The molecule has 82 valence electrons. The van der Waals surface area contributed by atoms with E-state index in [1.54, 1.807) is 12.1 Å². The Hall–Kier alpha value is -0.930. The van der Waals surface area contributed by atoms with Gasteiger partial charge in [-0.05, 0) is 18.1 Å². The molecular formula is C11H14ClNO2. The van der Waals surface area contributed by atoms with Crippen molar-refractivity contribution in [2.45, 2.75) is 13.8 Å². The first-order valence-corrected chi connectivity index (χ1v) is 5.20. The Bertz CT molecular complexity index is 339. The van der Waals surface area contributed by atoms with Crippen LogP contribution in [-0.4, -0.2) is 24.0 Å². The smallest absolute Gasteiger partial charge is 0.206 e. The molecule has 15 heavy (non-hydrogen) atoms. The summed E-state index contributed by atoms with van der Waals surface area (Å²) in [6, 6.07) is 3.18. The molecule has 0 aliphatic carbocycles. The first-order valence-electron chi connectivity index (χ1n) is 4.82.